The molecule has 0 bridgehead atoms. The van der Waals surface area contributed by atoms with Gasteiger partial charge in [-0.2, -0.15) is 0 Å². The molecule has 5 heteroatoms. The SMILES string of the molecule is O=C(O)c1cc(CC2CCCNC2)cc(F)c1F. The molecular formula is C13H15F2NO2. The number of carbonyl (C=O) groups is 1. The van der Waals surface area contributed by atoms with Crippen LogP contribution in [-0.4, -0.2) is 24.2 Å². The summed E-state index contributed by atoms with van der Waals surface area (Å²) in [6.07, 6.45) is 2.65. The molecule has 3 nitrogen and oxygen atoms in total. The first-order chi connectivity index (χ1) is 8.58. The number of halogens is 2. The molecule has 1 aromatic carbocycles. The molecule has 0 spiro atoms. The summed E-state index contributed by atoms with van der Waals surface area (Å²) in [5.41, 5.74) is -0.0474. The van der Waals surface area contributed by atoms with E-state index in [4.69, 9.17) is 5.11 Å². The van der Waals surface area contributed by atoms with Crippen molar-refractivity contribution in [3.8, 4) is 0 Å². The van der Waals surface area contributed by atoms with Gasteiger partial charge in [-0.1, -0.05) is 0 Å². The van der Waals surface area contributed by atoms with E-state index in [0.29, 0.717) is 17.9 Å². The molecule has 98 valence electrons. The molecule has 0 saturated carbocycles. The number of nitrogens with one attached hydrogen (secondary N) is 1. The van der Waals surface area contributed by atoms with Gasteiger partial charge in [0.2, 0.25) is 0 Å². The third kappa shape index (κ3) is 2.85. The monoisotopic (exact) mass is 255 g/mol. The second-order valence-electron chi connectivity index (χ2n) is 4.66. The molecule has 0 aromatic heterocycles. The van der Waals surface area contributed by atoms with Crippen molar-refractivity contribution in [3.05, 3.63) is 34.9 Å². The third-order valence-electron chi connectivity index (χ3n) is 3.24. The Hall–Kier alpha value is -1.49. The molecule has 1 aliphatic rings. The quantitative estimate of drug-likeness (QED) is 0.870. The number of hydrogen-bond acceptors (Lipinski definition) is 2. The van der Waals surface area contributed by atoms with Gasteiger partial charge in [0.1, 0.15) is 0 Å². The van der Waals surface area contributed by atoms with Crippen molar-refractivity contribution in [2.45, 2.75) is 19.3 Å². The van der Waals surface area contributed by atoms with Gasteiger partial charge < -0.3 is 10.4 Å². The largest absolute Gasteiger partial charge is 0.478 e. The highest BCUT2D eigenvalue weighted by molar-refractivity contribution is 5.88. The lowest BCUT2D eigenvalue weighted by Crippen LogP contribution is -2.30. The fourth-order valence-electron chi connectivity index (χ4n) is 2.35. The van der Waals surface area contributed by atoms with Crippen LogP contribution in [-0.2, 0) is 6.42 Å². The van der Waals surface area contributed by atoms with Gasteiger partial charge >= 0.3 is 5.97 Å². The minimum atomic E-state index is -1.44. The van der Waals surface area contributed by atoms with Crippen LogP contribution < -0.4 is 5.32 Å². The van der Waals surface area contributed by atoms with E-state index in [2.05, 4.69) is 5.32 Å². The molecule has 1 aromatic rings. The minimum Gasteiger partial charge on any atom is -0.478 e. The Morgan fingerprint density at radius 2 is 2.22 bits per heavy atom. The van der Waals surface area contributed by atoms with Crippen molar-refractivity contribution in [1.82, 2.24) is 5.32 Å². The second kappa shape index (κ2) is 5.44. The van der Waals surface area contributed by atoms with E-state index in [1.807, 2.05) is 0 Å². The Kier molecular flexibility index (Phi) is 3.91. The molecule has 2 rings (SSSR count). The van der Waals surface area contributed by atoms with E-state index in [9.17, 15) is 13.6 Å². The summed E-state index contributed by atoms with van der Waals surface area (Å²) < 4.78 is 26.5. The zero-order valence-corrected chi connectivity index (χ0v) is 9.88. The van der Waals surface area contributed by atoms with E-state index >= 15 is 0 Å². The van der Waals surface area contributed by atoms with Crippen LogP contribution in [0.4, 0.5) is 8.78 Å². The summed E-state index contributed by atoms with van der Waals surface area (Å²) in [5.74, 6) is -3.46. The fourth-order valence-corrected chi connectivity index (χ4v) is 2.35. The minimum absolute atomic E-state index is 0.352. The number of carboxylic acid groups (broad SMARTS) is 1. The van der Waals surface area contributed by atoms with Gasteiger partial charge in [0, 0.05) is 0 Å². The second-order valence-corrected chi connectivity index (χ2v) is 4.66. The van der Waals surface area contributed by atoms with Crippen molar-refractivity contribution >= 4 is 5.97 Å². The van der Waals surface area contributed by atoms with Gasteiger partial charge in [0.05, 0.1) is 5.56 Å². The van der Waals surface area contributed by atoms with Gasteiger partial charge in [-0.15, -0.1) is 0 Å². The molecule has 0 amide bonds. The Labute approximate surface area is 104 Å². The summed E-state index contributed by atoms with van der Waals surface area (Å²) in [5, 5.41) is 12.0. The van der Waals surface area contributed by atoms with E-state index in [0.717, 1.165) is 32.0 Å². The Bertz CT molecular complexity index is 457. The maximum atomic E-state index is 13.3. The lowest BCUT2D eigenvalue weighted by Gasteiger charge is -2.22. The van der Waals surface area contributed by atoms with Crippen LogP contribution in [0.1, 0.15) is 28.8 Å². The zero-order valence-electron chi connectivity index (χ0n) is 9.88. The Morgan fingerprint density at radius 3 is 2.83 bits per heavy atom. The van der Waals surface area contributed by atoms with Gasteiger partial charge in [-0.25, -0.2) is 13.6 Å². The van der Waals surface area contributed by atoms with Gasteiger partial charge in [0.15, 0.2) is 11.6 Å². The number of piperidine rings is 1. The van der Waals surface area contributed by atoms with Crippen molar-refractivity contribution in [3.63, 3.8) is 0 Å². The summed E-state index contributed by atoms with van der Waals surface area (Å²) in [4.78, 5) is 10.8. The number of benzene rings is 1. The first-order valence-corrected chi connectivity index (χ1v) is 6.00. The maximum Gasteiger partial charge on any atom is 0.338 e. The summed E-state index contributed by atoms with van der Waals surface area (Å²) in [7, 11) is 0. The van der Waals surface area contributed by atoms with E-state index in [1.54, 1.807) is 0 Å². The first kappa shape index (κ1) is 13.0. The van der Waals surface area contributed by atoms with Gasteiger partial charge in [-0.3, -0.25) is 0 Å². The summed E-state index contributed by atoms with van der Waals surface area (Å²) >= 11 is 0. The van der Waals surface area contributed by atoms with Crippen LogP contribution in [0.25, 0.3) is 0 Å². The van der Waals surface area contributed by atoms with E-state index in [-0.39, 0.29) is 0 Å². The van der Waals surface area contributed by atoms with Gasteiger partial charge in [0.25, 0.3) is 0 Å². The molecule has 1 aliphatic heterocycles. The zero-order chi connectivity index (χ0) is 13.1. The van der Waals surface area contributed by atoms with E-state index < -0.39 is 23.2 Å². The third-order valence-corrected chi connectivity index (χ3v) is 3.24. The fraction of sp³-hybridized carbons (Fsp3) is 0.462. The lowest BCUT2D eigenvalue weighted by atomic mass is 9.91. The number of aromatic carboxylic acids is 1. The predicted molar refractivity (Wildman–Crippen MR) is 62.6 cm³/mol. The maximum absolute atomic E-state index is 13.3. The van der Waals surface area contributed by atoms with Gasteiger partial charge in [-0.05, 0) is 56.0 Å². The topological polar surface area (TPSA) is 49.3 Å². The average Bonchev–Trinajstić information content (AvgIpc) is 2.34. The number of carboxylic acids is 1. The van der Waals surface area contributed by atoms with Crippen molar-refractivity contribution in [1.29, 1.82) is 0 Å². The summed E-state index contributed by atoms with van der Waals surface area (Å²) in [6.45, 7) is 1.82. The normalized spacial score (nSPS) is 19.8. The number of rotatable bonds is 3. The predicted octanol–water partition coefficient (Wildman–Crippen LogP) is 2.21. The molecule has 1 unspecified atom stereocenters. The Morgan fingerprint density at radius 1 is 1.44 bits per heavy atom. The van der Waals surface area contributed by atoms with Crippen LogP contribution in [0.5, 0.6) is 0 Å². The van der Waals surface area contributed by atoms with Crippen molar-refractivity contribution in [2.24, 2.45) is 5.92 Å². The van der Waals surface area contributed by atoms with E-state index in [1.165, 1.54) is 6.07 Å². The molecular weight excluding hydrogens is 240 g/mol. The van der Waals surface area contributed by atoms with Crippen LogP contribution in [0.15, 0.2) is 12.1 Å². The van der Waals surface area contributed by atoms with Crippen LogP contribution >= 0.6 is 0 Å². The molecule has 0 aliphatic carbocycles. The van der Waals surface area contributed by atoms with Crippen LogP contribution in [0, 0.1) is 17.6 Å². The van der Waals surface area contributed by atoms with Crippen LogP contribution in [0.3, 0.4) is 0 Å². The molecule has 1 fully saturated rings. The van der Waals surface area contributed by atoms with Crippen molar-refractivity contribution in [2.75, 3.05) is 13.1 Å². The molecule has 18 heavy (non-hydrogen) atoms. The highest BCUT2D eigenvalue weighted by Crippen LogP contribution is 2.20. The molecule has 1 atom stereocenters. The molecule has 1 saturated heterocycles. The van der Waals surface area contributed by atoms with Crippen molar-refractivity contribution < 1.29 is 18.7 Å². The lowest BCUT2D eigenvalue weighted by molar-refractivity contribution is 0.0690. The highest BCUT2D eigenvalue weighted by Gasteiger charge is 2.19. The smallest absolute Gasteiger partial charge is 0.338 e. The first-order valence-electron chi connectivity index (χ1n) is 6.00. The molecule has 0 radical (unpaired) electrons. The molecule has 2 N–H and O–H groups in total. The van der Waals surface area contributed by atoms with Crippen LogP contribution in [0.2, 0.25) is 0 Å². The highest BCUT2D eigenvalue weighted by atomic mass is 19.2. The summed E-state index contributed by atoms with van der Waals surface area (Å²) in [6, 6.07) is 2.33. The standard InChI is InChI=1S/C13H15F2NO2/c14-11-6-9(4-8-2-1-3-16-7-8)5-10(12(11)15)13(17)18/h5-6,8,16H,1-4,7H2,(H,17,18). The Balaban J connectivity index is 2.20. The molecule has 1 heterocycles. The average molecular weight is 255 g/mol. The number of hydrogen-bond donors (Lipinski definition) is 2.